The predicted molar refractivity (Wildman–Crippen MR) is 63.2 cm³/mol. The molecule has 15 heavy (non-hydrogen) atoms. The van der Waals surface area contributed by atoms with E-state index in [2.05, 4.69) is 17.6 Å². The van der Waals surface area contributed by atoms with Crippen LogP contribution in [-0.2, 0) is 4.79 Å². The lowest BCUT2D eigenvalue weighted by molar-refractivity contribution is -0.126. The van der Waals surface area contributed by atoms with E-state index in [1.165, 1.54) is 19.3 Å². The van der Waals surface area contributed by atoms with E-state index in [1.54, 1.807) is 0 Å². The van der Waals surface area contributed by atoms with E-state index >= 15 is 0 Å². The lowest BCUT2D eigenvalue weighted by atomic mass is 9.91. The number of carbonyl (C=O) groups excluding carboxylic acids is 1. The van der Waals surface area contributed by atoms with Crippen molar-refractivity contribution < 1.29 is 4.79 Å². The molecule has 2 unspecified atom stereocenters. The van der Waals surface area contributed by atoms with Gasteiger partial charge in [-0.25, -0.2) is 0 Å². The third-order valence-corrected chi connectivity index (χ3v) is 3.58. The molecule has 0 aromatic carbocycles. The van der Waals surface area contributed by atoms with Gasteiger partial charge in [0.25, 0.3) is 0 Å². The van der Waals surface area contributed by atoms with Gasteiger partial charge in [-0.3, -0.25) is 4.79 Å². The maximum Gasteiger partial charge on any atom is 0.224 e. The zero-order chi connectivity index (χ0) is 9.97. The number of amides is 1. The van der Waals surface area contributed by atoms with Crippen molar-refractivity contribution in [1.29, 1.82) is 0 Å². The van der Waals surface area contributed by atoms with Gasteiger partial charge in [0, 0.05) is 12.1 Å². The highest BCUT2D eigenvalue weighted by Gasteiger charge is 2.33. The minimum Gasteiger partial charge on any atom is -0.353 e. The second-order valence-electron chi connectivity index (χ2n) is 4.50. The predicted octanol–water partition coefficient (Wildman–Crippen LogP) is 1.46. The fourth-order valence-corrected chi connectivity index (χ4v) is 2.37. The molecule has 3 nitrogen and oxygen atoms in total. The molecule has 4 heteroatoms. The van der Waals surface area contributed by atoms with Crippen molar-refractivity contribution in [3.63, 3.8) is 0 Å². The van der Waals surface area contributed by atoms with E-state index in [-0.39, 0.29) is 24.2 Å². The quantitative estimate of drug-likeness (QED) is 0.774. The summed E-state index contributed by atoms with van der Waals surface area (Å²) in [5.74, 6) is 0.507. The molecule has 2 fully saturated rings. The fraction of sp³-hybridized carbons (Fsp3) is 0.909. The SMILES string of the molecule is CCC1NCCC1C(=O)NC1CCC1.Cl. The van der Waals surface area contributed by atoms with Gasteiger partial charge >= 0.3 is 0 Å². The second-order valence-corrected chi connectivity index (χ2v) is 4.50. The first kappa shape index (κ1) is 12.8. The fourth-order valence-electron chi connectivity index (χ4n) is 2.37. The Labute approximate surface area is 97.8 Å². The zero-order valence-corrected chi connectivity index (χ0v) is 10.1. The Balaban J connectivity index is 0.00000112. The average Bonchev–Trinajstić information content (AvgIpc) is 2.58. The topological polar surface area (TPSA) is 41.1 Å². The first-order valence-electron chi connectivity index (χ1n) is 5.85. The molecule has 0 bridgehead atoms. The number of hydrogen-bond donors (Lipinski definition) is 2. The molecule has 1 heterocycles. The molecule has 1 amide bonds. The van der Waals surface area contributed by atoms with Gasteiger partial charge in [0.1, 0.15) is 0 Å². The van der Waals surface area contributed by atoms with E-state index in [1.807, 2.05) is 0 Å². The standard InChI is InChI=1S/C11H20N2O.ClH/c1-2-10-9(6-7-12-10)11(14)13-8-4-3-5-8;/h8-10,12H,2-7H2,1H3,(H,13,14);1H. The second kappa shape index (κ2) is 5.71. The smallest absolute Gasteiger partial charge is 0.224 e. The van der Waals surface area contributed by atoms with Gasteiger partial charge in [-0.15, -0.1) is 12.4 Å². The highest BCUT2D eigenvalue weighted by molar-refractivity contribution is 5.85. The molecular weight excluding hydrogens is 212 g/mol. The largest absolute Gasteiger partial charge is 0.353 e. The van der Waals surface area contributed by atoms with Gasteiger partial charge in [0.2, 0.25) is 5.91 Å². The Hall–Kier alpha value is -0.280. The van der Waals surface area contributed by atoms with E-state index < -0.39 is 0 Å². The minimum absolute atomic E-state index is 0. The summed E-state index contributed by atoms with van der Waals surface area (Å²) in [6.07, 6.45) is 5.72. The van der Waals surface area contributed by atoms with Crippen LogP contribution in [-0.4, -0.2) is 24.5 Å². The number of rotatable bonds is 3. The molecule has 1 aliphatic carbocycles. The van der Waals surface area contributed by atoms with Crippen molar-refractivity contribution in [2.45, 2.75) is 51.1 Å². The van der Waals surface area contributed by atoms with Gasteiger partial charge in [0.05, 0.1) is 5.92 Å². The maximum absolute atomic E-state index is 11.9. The average molecular weight is 233 g/mol. The van der Waals surface area contributed by atoms with Crippen LogP contribution in [0.5, 0.6) is 0 Å². The van der Waals surface area contributed by atoms with Gasteiger partial charge < -0.3 is 10.6 Å². The molecule has 88 valence electrons. The summed E-state index contributed by atoms with van der Waals surface area (Å²) < 4.78 is 0. The van der Waals surface area contributed by atoms with Crippen molar-refractivity contribution in [3.8, 4) is 0 Å². The van der Waals surface area contributed by atoms with Crippen molar-refractivity contribution in [2.75, 3.05) is 6.54 Å². The summed E-state index contributed by atoms with van der Waals surface area (Å²) in [5.41, 5.74) is 0. The molecule has 0 aromatic rings. The normalized spacial score (nSPS) is 30.5. The van der Waals surface area contributed by atoms with Crippen molar-refractivity contribution in [2.24, 2.45) is 5.92 Å². The zero-order valence-electron chi connectivity index (χ0n) is 9.29. The monoisotopic (exact) mass is 232 g/mol. The van der Waals surface area contributed by atoms with Gasteiger partial charge in [0.15, 0.2) is 0 Å². The minimum atomic E-state index is 0. The Kier molecular flexibility index (Phi) is 4.87. The van der Waals surface area contributed by atoms with Crippen LogP contribution in [0.4, 0.5) is 0 Å². The van der Waals surface area contributed by atoms with E-state index in [0.717, 1.165) is 19.4 Å². The van der Waals surface area contributed by atoms with Gasteiger partial charge in [-0.2, -0.15) is 0 Å². The van der Waals surface area contributed by atoms with Crippen LogP contribution < -0.4 is 10.6 Å². The van der Waals surface area contributed by atoms with E-state index in [9.17, 15) is 4.79 Å². The van der Waals surface area contributed by atoms with Crippen molar-refractivity contribution in [3.05, 3.63) is 0 Å². The van der Waals surface area contributed by atoms with Crippen molar-refractivity contribution in [1.82, 2.24) is 10.6 Å². The Bertz CT molecular complexity index is 219. The van der Waals surface area contributed by atoms with Crippen LogP contribution >= 0.6 is 12.4 Å². The van der Waals surface area contributed by atoms with E-state index in [0.29, 0.717) is 12.1 Å². The molecule has 2 aliphatic rings. The Morgan fingerprint density at radius 2 is 2.13 bits per heavy atom. The summed E-state index contributed by atoms with van der Waals surface area (Å²) in [6.45, 7) is 3.15. The number of carbonyl (C=O) groups is 1. The Morgan fingerprint density at radius 1 is 1.40 bits per heavy atom. The highest BCUT2D eigenvalue weighted by Crippen LogP contribution is 2.22. The van der Waals surface area contributed by atoms with Crippen LogP contribution in [0.3, 0.4) is 0 Å². The molecule has 2 atom stereocenters. The van der Waals surface area contributed by atoms with Crippen LogP contribution in [0.1, 0.15) is 39.0 Å². The molecule has 0 radical (unpaired) electrons. The summed E-state index contributed by atoms with van der Waals surface area (Å²) in [6, 6.07) is 0.899. The molecule has 0 spiro atoms. The van der Waals surface area contributed by atoms with Crippen LogP contribution in [0.15, 0.2) is 0 Å². The molecule has 2 N–H and O–H groups in total. The Morgan fingerprint density at radius 3 is 2.67 bits per heavy atom. The third kappa shape index (κ3) is 2.85. The third-order valence-electron chi connectivity index (χ3n) is 3.58. The van der Waals surface area contributed by atoms with Crippen molar-refractivity contribution >= 4 is 18.3 Å². The van der Waals surface area contributed by atoms with Crippen LogP contribution in [0.25, 0.3) is 0 Å². The summed E-state index contributed by atoms with van der Waals surface area (Å²) in [5, 5.41) is 6.53. The summed E-state index contributed by atoms with van der Waals surface area (Å²) >= 11 is 0. The molecule has 1 saturated heterocycles. The molecule has 2 rings (SSSR count). The first-order valence-corrected chi connectivity index (χ1v) is 5.85. The van der Waals surface area contributed by atoms with Crippen LogP contribution in [0.2, 0.25) is 0 Å². The lowest BCUT2D eigenvalue weighted by Gasteiger charge is -2.28. The van der Waals surface area contributed by atoms with Crippen LogP contribution in [0, 0.1) is 5.92 Å². The van der Waals surface area contributed by atoms with E-state index in [4.69, 9.17) is 0 Å². The first-order chi connectivity index (χ1) is 6.81. The van der Waals surface area contributed by atoms with Gasteiger partial charge in [-0.1, -0.05) is 6.92 Å². The van der Waals surface area contributed by atoms with Gasteiger partial charge in [-0.05, 0) is 38.6 Å². The number of nitrogens with one attached hydrogen (secondary N) is 2. The number of halogens is 1. The molecular formula is C11H21ClN2O. The molecule has 1 saturated carbocycles. The summed E-state index contributed by atoms with van der Waals surface area (Å²) in [4.78, 5) is 11.9. The highest BCUT2D eigenvalue weighted by atomic mass is 35.5. The maximum atomic E-state index is 11.9. The number of hydrogen-bond acceptors (Lipinski definition) is 2. The summed E-state index contributed by atoms with van der Waals surface area (Å²) in [7, 11) is 0. The lowest BCUT2D eigenvalue weighted by Crippen LogP contribution is -2.45. The molecule has 1 aliphatic heterocycles. The molecule has 0 aromatic heterocycles.